The fourth-order valence-electron chi connectivity index (χ4n) is 10.5. The Labute approximate surface area is 376 Å². The SMILES string of the molecule is CC(C)(C)c1c2ccc(N(c3cccc4ccccc34)c3cccc4ccccc34)cc2c(C(C)(C)C)c2cc(N(c3cccc4ccccc34)c3cccc4ccccc34)ccc12. The van der Waals surface area contributed by atoms with Gasteiger partial charge in [-0.2, -0.15) is 0 Å². The second-order valence-electron chi connectivity index (χ2n) is 19.4. The normalized spacial score (nSPS) is 12.2. The summed E-state index contributed by atoms with van der Waals surface area (Å²) in [6.45, 7) is 14.3. The summed E-state index contributed by atoms with van der Waals surface area (Å²) in [5, 5.41) is 14.9. The van der Waals surface area contributed by atoms with E-state index in [4.69, 9.17) is 0 Å². The average molecular weight is 825 g/mol. The van der Waals surface area contributed by atoms with Crippen LogP contribution in [0.2, 0.25) is 0 Å². The van der Waals surface area contributed by atoms with Gasteiger partial charge in [-0.1, -0.05) is 199 Å². The summed E-state index contributed by atoms with van der Waals surface area (Å²) in [6, 6.07) is 76.4. The molecule has 0 spiro atoms. The Bertz CT molecular complexity index is 3200. The zero-order valence-electron chi connectivity index (χ0n) is 37.5. The maximum absolute atomic E-state index is 2.50. The van der Waals surface area contributed by atoms with Crippen molar-refractivity contribution in [2.75, 3.05) is 9.80 Å². The fraction of sp³-hybridized carbons (Fsp3) is 0.129. The van der Waals surface area contributed by atoms with E-state index in [1.807, 2.05) is 0 Å². The molecule has 0 fully saturated rings. The zero-order valence-corrected chi connectivity index (χ0v) is 37.5. The molecule has 0 unspecified atom stereocenters. The Morgan fingerprint density at radius 3 is 0.812 bits per heavy atom. The van der Waals surface area contributed by atoms with E-state index in [2.05, 4.69) is 258 Å². The molecule has 0 N–H and O–H groups in total. The minimum Gasteiger partial charge on any atom is -0.309 e. The maximum atomic E-state index is 2.50. The van der Waals surface area contributed by atoms with E-state index in [-0.39, 0.29) is 10.8 Å². The summed E-state index contributed by atoms with van der Waals surface area (Å²) in [7, 11) is 0. The quantitative estimate of drug-likeness (QED) is 0.154. The number of hydrogen-bond acceptors (Lipinski definition) is 2. The van der Waals surface area contributed by atoms with Crippen molar-refractivity contribution in [1.82, 2.24) is 0 Å². The molecule has 11 aromatic carbocycles. The highest BCUT2D eigenvalue weighted by Crippen LogP contribution is 2.50. The molecule has 0 saturated heterocycles. The van der Waals surface area contributed by atoms with Crippen molar-refractivity contribution in [2.24, 2.45) is 0 Å². The van der Waals surface area contributed by atoms with E-state index < -0.39 is 0 Å². The molecule has 64 heavy (non-hydrogen) atoms. The van der Waals surface area contributed by atoms with Crippen molar-refractivity contribution in [1.29, 1.82) is 0 Å². The molecule has 0 aromatic heterocycles. The Balaban J connectivity index is 1.24. The molecule has 0 aliphatic heterocycles. The number of anilines is 6. The van der Waals surface area contributed by atoms with Gasteiger partial charge in [0, 0.05) is 32.9 Å². The number of hydrogen-bond donors (Lipinski definition) is 0. The molecular weight excluding hydrogens is 773 g/mol. The first-order valence-corrected chi connectivity index (χ1v) is 22.6. The largest absolute Gasteiger partial charge is 0.309 e. The molecular formula is C62H52N2. The van der Waals surface area contributed by atoms with Crippen LogP contribution in [-0.4, -0.2) is 0 Å². The van der Waals surface area contributed by atoms with E-state index in [1.54, 1.807) is 0 Å². The van der Waals surface area contributed by atoms with Gasteiger partial charge < -0.3 is 9.80 Å². The molecule has 310 valence electrons. The first-order valence-electron chi connectivity index (χ1n) is 22.6. The molecule has 0 bridgehead atoms. The van der Waals surface area contributed by atoms with Gasteiger partial charge in [0.2, 0.25) is 0 Å². The first-order chi connectivity index (χ1) is 31.0. The van der Waals surface area contributed by atoms with Crippen molar-refractivity contribution < 1.29 is 0 Å². The number of fused-ring (bicyclic) bond motifs is 6. The Morgan fingerprint density at radius 1 is 0.250 bits per heavy atom. The van der Waals surface area contributed by atoms with Gasteiger partial charge in [0.1, 0.15) is 0 Å². The van der Waals surface area contributed by atoms with Gasteiger partial charge in [-0.25, -0.2) is 0 Å². The smallest absolute Gasteiger partial charge is 0.0540 e. The topological polar surface area (TPSA) is 6.48 Å². The predicted molar refractivity (Wildman–Crippen MR) is 278 cm³/mol. The highest BCUT2D eigenvalue weighted by Gasteiger charge is 2.30. The highest BCUT2D eigenvalue weighted by atomic mass is 15.2. The monoisotopic (exact) mass is 824 g/mol. The van der Waals surface area contributed by atoms with Gasteiger partial charge >= 0.3 is 0 Å². The van der Waals surface area contributed by atoms with Crippen molar-refractivity contribution in [2.45, 2.75) is 52.4 Å². The minimum atomic E-state index is -0.211. The summed E-state index contributed by atoms with van der Waals surface area (Å²) >= 11 is 0. The molecule has 0 saturated carbocycles. The third kappa shape index (κ3) is 6.56. The van der Waals surface area contributed by atoms with Crippen LogP contribution >= 0.6 is 0 Å². The molecule has 11 aromatic rings. The van der Waals surface area contributed by atoms with E-state index in [1.165, 1.54) is 75.8 Å². The molecule has 11 rings (SSSR count). The molecule has 2 nitrogen and oxygen atoms in total. The van der Waals surface area contributed by atoms with Crippen LogP contribution < -0.4 is 9.80 Å². The van der Waals surface area contributed by atoms with Gasteiger partial charge in [0.25, 0.3) is 0 Å². The molecule has 0 heterocycles. The summed E-state index contributed by atoms with van der Waals surface area (Å²) in [4.78, 5) is 4.99. The number of rotatable bonds is 6. The second-order valence-corrected chi connectivity index (χ2v) is 19.4. The Kier molecular flexibility index (Phi) is 9.33. The lowest BCUT2D eigenvalue weighted by Gasteiger charge is -2.33. The Morgan fingerprint density at radius 2 is 0.516 bits per heavy atom. The van der Waals surface area contributed by atoms with Crippen LogP contribution in [0.3, 0.4) is 0 Å². The standard InChI is InChI=1S/C62H52N2/c1-61(2,3)59-51-37-35-45(63(55-31-15-23-41-19-7-11-27-47(41)55)56-32-16-24-42-20-8-12-28-48(42)56)39-53(51)60(62(4,5)6)54-40-46(36-38-52(54)59)64(57-33-17-25-43-21-9-13-29-49(43)57)58-34-18-26-44-22-10-14-30-50(44)58/h7-40H,1-6H3. The van der Waals surface area contributed by atoms with Crippen LogP contribution in [0.5, 0.6) is 0 Å². The summed E-state index contributed by atoms with van der Waals surface area (Å²) in [5.41, 5.74) is 9.26. The summed E-state index contributed by atoms with van der Waals surface area (Å²) in [5.74, 6) is 0. The maximum Gasteiger partial charge on any atom is 0.0540 e. The van der Waals surface area contributed by atoms with E-state index in [0.29, 0.717) is 0 Å². The van der Waals surface area contributed by atoms with E-state index >= 15 is 0 Å². The van der Waals surface area contributed by atoms with Crippen LogP contribution in [0.1, 0.15) is 52.7 Å². The van der Waals surface area contributed by atoms with Crippen molar-refractivity contribution in [3.8, 4) is 0 Å². The lowest BCUT2D eigenvalue weighted by atomic mass is 9.74. The summed E-state index contributed by atoms with van der Waals surface area (Å²) < 4.78 is 0. The van der Waals surface area contributed by atoms with Crippen LogP contribution in [0, 0.1) is 0 Å². The lowest BCUT2D eigenvalue weighted by Crippen LogP contribution is -2.19. The fourth-order valence-corrected chi connectivity index (χ4v) is 10.5. The average Bonchev–Trinajstić information content (AvgIpc) is 3.30. The Hall–Kier alpha value is -7.42. The van der Waals surface area contributed by atoms with Gasteiger partial charge in [-0.3, -0.25) is 0 Å². The molecule has 0 radical (unpaired) electrons. The van der Waals surface area contributed by atoms with Gasteiger partial charge in [0.05, 0.1) is 22.7 Å². The summed E-state index contributed by atoms with van der Waals surface area (Å²) in [6.07, 6.45) is 0. The molecule has 2 heteroatoms. The third-order valence-electron chi connectivity index (χ3n) is 13.1. The van der Waals surface area contributed by atoms with E-state index in [0.717, 1.165) is 34.1 Å². The third-order valence-corrected chi connectivity index (χ3v) is 13.1. The molecule has 0 aliphatic carbocycles. The van der Waals surface area contributed by atoms with Crippen LogP contribution in [0.15, 0.2) is 206 Å². The predicted octanol–water partition coefficient (Wildman–Crippen LogP) is 18.1. The van der Waals surface area contributed by atoms with Gasteiger partial charge in [-0.15, -0.1) is 0 Å². The van der Waals surface area contributed by atoms with Crippen LogP contribution in [0.25, 0.3) is 64.6 Å². The lowest BCUT2D eigenvalue weighted by molar-refractivity contribution is 0.593. The highest BCUT2D eigenvalue weighted by molar-refractivity contribution is 6.12. The van der Waals surface area contributed by atoms with Gasteiger partial charge in [-0.05, 0) is 114 Å². The molecule has 0 atom stereocenters. The van der Waals surface area contributed by atoms with Gasteiger partial charge in [0.15, 0.2) is 0 Å². The van der Waals surface area contributed by atoms with Crippen molar-refractivity contribution >= 4 is 98.8 Å². The molecule has 0 aliphatic rings. The first kappa shape index (κ1) is 39.4. The minimum absolute atomic E-state index is 0.147. The van der Waals surface area contributed by atoms with Crippen LogP contribution in [-0.2, 0) is 10.8 Å². The molecule has 0 amide bonds. The van der Waals surface area contributed by atoms with Crippen LogP contribution in [0.4, 0.5) is 34.1 Å². The van der Waals surface area contributed by atoms with Crippen molar-refractivity contribution in [3.05, 3.63) is 217 Å². The number of benzene rings is 11. The second kappa shape index (κ2) is 15.1. The zero-order chi connectivity index (χ0) is 43.7. The van der Waals surface area contributed by atoms with E-state index in [9.17, 15) is 0 Å². The number of nitrogens with zero attached hydrogens (tertiary/aromatic N) is 2. The van der Waals surface area contributed by atoms with Crippen molar-refractivity contribution in [3.63, 3.8) is 0 Å².